The first-order chi connectivity index (χ1) is 8.56. The molecule has 1 unspecified atom stereocenters. The summed E-state index contributed by atoms with van der Waals surface area (Å²) in [5, 5.41) is 11.5. The Morgan fingerprint density at radius 3 is 2.72 bits per heavy atom. The van der Waals surface area contributed by atoms with E-state index in [4.69, 9.17) is 5.11 Å². The fraction of sp³-hybridized carbons (Fsp3) is 0.833. The van der Waals surface area contributed by atoms with Gasteiger partial charge in [-0.2, -0.15) is 0 Å². The van der Waals surface area contributed by atoms with E-state index in [1.54, 1.807) is 7.05 Å². The number of rotatable bonds is 5. The fourth-order valence-electron chi connectivity index (χ4n) is 2.33. The van der Waals surface area contributed by atoms with Crippen LogP contribution in [0.25, 0.3) is 0 Å². The van der Waals surface area contributed by atoms with Gasteiger partial charge in [0, 0.05) is 38.8 Å². The number of nitrogens with zero attached hydrogens (tertiary/aromatic N) is 2. The van der Waals surface area contributed by atoms with Crippen molar-refractivity contribution >= 4 is 12.0 Å². The summed E-state index contributed by atoms with van der Waals surface area (Å²) in [6.07, 6.45) is 3.57. The van der Waals surface area contributed by atoms with Gasteiger partial charge in [0.2, 0.25) is 0 Å². The molecule has 18 heavy (non-hydrogen) atoms. The molecule has 2 N–H and O–H groups in total. The number of aliphatic carboxylic acids is 1. The van der Waals surface area contributed by atoms with Crippen LogP contribution in [0.5, 0.6) is 0 Å². The number of likely N-dealkylation sites (tertiary alicyclic amines) is 1. The quantitative estimate of drug-likeness (QED) is 0.743. The fourth-order valence-corrected chi connectivity index (χ4v) is 2.33. The van der Waals surface area contributed by atoms with E-state index in [2.05, 4.69) is 10.2 Å². The number of carbonyl (C=O) groups is 2. The van der Waals surface area contributed by atoms with E-state index < -0.39 is 5.97 Å². The van der Waals surface area contributed by atoms with Crippen molar-refractivity contribution in [3.8, 4) is 0 Å². The van der Waals surface area contributed by atoms with Crippen LogP contribution < -0.4 is 5.32 Å². The number of carboxylic acid groups (broad SMARTS) is 1. The summed E-state index contributed by atoms with van der Waals surface area (Å²) < 4.78 is 0. The molecule has 1 atom stereocenters. The summed E-state index contributed by atoms with van der Waals surface area (Å²) in [7, 11) is 1.63. The molecular weight excluding hydrogens is 234 g/mol. The number of hydrogen-bond acceptors (Lipinski definition) is 3. The largest absolute Gasteiger partial charge is 0.481 e. The van der Waals surface area contributed by atoms with Crippen molar-refractivity contribution in [1.29, 1.82) is 0 Å². The maximum absolute atomic E-state index is 11.8. The SMILES string of the molecule is CN(CCC(=O)O)C(=O)NC1CCN(C2CC2)C1. The van der Waals surface area contributed by atoms with E-state index in [-0.39, 0.29) is 25.0 Å². The van der Waals surface area contributed by atoms with Crippen molar-refractivity contribution < 1.29 is 14.7 Å². The Balaban J connectivity index is 1.68. The molecule has 2 aliphatic rings. The van der Waals surface area contributed by atoms with Crippen LogP contribution in [0.15, 0.2) is 0 Å². The Kier molecular flexibility index (Phi) is 4.06. The van der Waals surface area contributed by atoms with Gasteiger partial charge in [-0.3, -0.25) is 9.69 Å². The molecule has 1 saturated carbocycles. The molecule has 0 spiro atoms. The first-order valence-electron chi connectivity index (χ1n) is 6.53. The van der Waals surface area contributed by atoms with E-state index in [0.717, 1.165) is 25.6 Å². The van der Waals surface area contributed by atoms with Crippen LogP contribution in [-0.2, 0) is 4.79 Å². The van der Waals surface area contributed by atoms with Crippen LogP contribution in [0.1, 0.15) is 25.7 Å². The lowest BCUT2D eigenvalue weighted by Gasteiger charge is -2.21. The van der Waals surface area contributed by atoms with Crippen molar-refractivity contribution in [2.24, 2.45) is 0 Å². The van der Waals surface area contributed by atoms with Gasteiger partial charge in [-0.1, -0.05) is 0 Å². The predicted octanol–water partition coefficient (Wildman–Crippen LogP) is 0.339. The second-order valence-corrected chi connectivity index (χ2v) is 5.23. The smallest absolute Gasteiger partial charge is 0.317 e. The minimum absolute atomic E-state index is 0.0111. The Hall–Kier alpha value is -1.30. The van der Waals surface area contributed by atoms with Crippen LogP contribution in [0.3, 0.4) is 0 Å². The molecule has 0 radical (unpaired) electrons. The third-order valence-corrected chi connectivity index (χ3v) is 3.62. The van der Waals surface area contributed by atoms with Gasteiger partial charge < -0.3 is 15.3 Å². The standard InChI is InChI=1S/C12H21N3O3/c1-14(6-5-11(16)17)12(18)13-9-4-7-15(8-9)10-2-3-10/h9-10H,2-8H2,1H3,(H,13,18)(H,16,17). The number of carboxylic acids is 1. The lowest BCUT2D eigenvalue weighted by molar-refractivity contribution is -0.137. The summed E-state index contributed by atoms with van der Waals surface area (Å²) in [4.78, 5) is 26.1. The third-order valence-electron chi connectivity index (χ3n) is 3.62. The number of carbonyl (C=O) groups excluding carboxylic acids is 1. The Labute approximate surface area is 107 Å². The molecule has 0 aromatic heterocycles. The van der Waals surface area contributed by atoms with Crippen LogP contribution >= 0.6 is 0 Å². The molecule has 1 heterocycles. The van der Waals surface area contributed by atoms with E-state index >= 15 is 0 Å². The highest BCUT2D eigenvalue weighted by atomic mass is 16.4. The first-order valence-corrected chi connectivity index (χ1v) is 6.53. The average Bonchev–Trinajstić information content (AvgIpc) is 3.07. The molecule has 0 bridgehead atoms. The van der Waals surface area contributed by atoms with Gasteiger partial charge >= 0.3 is 12.0 Å². The second kappa shape index (κ2) is 5.56. The average molecular weight is 255 g/mol. The van der Waals surface area contributed by atoms with Crippen molar-refractivity contribution in [1.82, 2.24) is 15.1 Å². The van der Waals surface area contributed by atoms with Gasteiger partial charge in [-0.15, -0.1) is 0 Å². The van der Waals surface area contributed by atoms with Crippen LogP contribution in [0, 0.1) is 0 Å². The molecule has 1 saturated heterocycles. The van der Waals surface area contributed by atoms with Crippen molar-refractivity contribution in [3.63, 3.8) is 0 Å². The number of amides is 2. The van der Waals surface area contributed by atoms with E-state index in [1.165, 1.54) is 17.7 Å². The third kappa shape index (κ3) is 3.60. The van der Waals surface area contributed by atoms with E-state index in [0.29, 0.717) is 0 Å². The summed E-state index contributed by atoms with van der Waals surface area (Å²) in [6.45, 7) is 2.25. The van der Waals surface area contributed by atoms with Gasteiger partial charge in [0.05, 0.1) is 6.42 Å². The summed E-state index contributed by atoms with van der Waals surface area (Å²) in [5.41, 5.74) is 0. The number of urea groups is 1. The molecule has 102 valence electrons. The van der Waals surface area contributed by atoms with Gasteiger partial charge in [-0.05, 0) is 19.3 Å². The maximum Gasteiger partial charge on any atom is 0.317 e. The normalized spacial score (nSPS) is 23.9. The highest BCUT2D eigenvalue weighted by molar-refractivity contribution is 5.75. The predicted molar refractivity (Wildman–Crippen MR) is 66.4 cm³/mol. The maximum atomic E-state index is 11.8. The van der Waals surface area contributed by atoms with E-state index in [9.17, 15) is 9.59 Å². The lowest BCUT2D eigenvalue weighted by atomic mass is 10.3. The van der Waals surface area contributed by atoms with Crippen LogP contribution in [-0.4, -0.2) is 65.7 Å². The Bertz CT molecular complexity index is 331. The molecule has 0 aromatic carbocycles. The first kappa shape index (κ1) is 13.1. The topological polar surface area (TPSA) is 72.9 Å². The molecule has 2 amide bonds. The Morgan fingerprint density at radius 2 is 2.11 bits per heavy atom. The zero-order valence-electron chi connectivity index (χ0n) is 10.8. The summed E-state index contributed by atoms with van der Waals surface area (Å²) >= 11 is 0. The summed E-state index contributed by atoms with van der Waals surface area (Å²) in [6, 6.07) is 0.793. The van der Waals surface area contributed by atoms with Crippen LogP contribution in [0.4, 0.5) is 4.79 Å². The zero-order chi connectivity index (χ0) is 13.1. The van der Waals surface area contributed by atoms with Crippen molar-refractivity contribution in [2.75, 3.05) is 26.7 Å². The monoisotopic (exact) mass is 255 g/mol. The van der Waals surface area contributed by atoms with Crippen molar-refractivity contribution in [2.45, 2.75) is 37.8 Å². The molecule has 2 fully saturated rings. The lowest BCUT2D eigenvalue weighted by Crippen LogP contribution is -2.44. The van der Waals surface area contributed by atoms with Gasteiger partial charge in [0.25, 0.3) is 0 Å². The molecule has 2 rings (SSSR count). The highest BCUT2D eigenvalue weighted by Gasteiger charge is 2.34. The van der Waals surface area contributed by atoms with Gasteiger partial charge in [-0.25, -0.2) is 4.79 Å². The number of hydrogen-bond donors (Lipinski definition) is 2. The Morgan fingerprint density at radius 1 is 1.39 bits per heavy atom. The summed E-state index contributed by atoms with van der Waals surface area (Å²) in [5.74, 6) is -0.879. The molecule has 1 aliphatic carbocycles. The molecular formula is C12H21N3O3. The minimum Gasteiger partial charge on any atom is -0.481 e. The van der Waals surface area contributed by atoms with Crippen LogP contribution in [0.2, 0.25) is 0 Å². The second-order valence-electron chi connectivity index (χ2n) is 5.23. The molecule has 0 aromatic rings. The minimum atomic E-state index is -0.879. The van der Waals surface area contributed by atoms with Gasteiger partial charge in [0.15, 0.2) is 0 Å². The molecule has 1 aliphatic heterocycles. The highest BCUT2D eigenvalue weighted by Crippen LogP contribution is 2.29. The molecule has 6 heteroatoms. The molecule has 6 nitrogen and oxygen atoms in total. The zero-order valence-corrected chi connectivity index (χ0v) is 10.8. The van der Waals surface area contributed by atoms with E-state index in [1.807, 2.05) is 0 Å². The number of nitrogens with one attached hydrogen (secondary N) is 1. The van der Waals surface area contributed by atoms with Gasteiger partial charge in [0.1, 0.15) is 0 Å². The van der Waals surface area contributed by atoms with Crippen molar-refractivity contribution in [3.05, 3.63) is 0 Å².